The molecule has 1 fully saturated rings. The lowest BCUT2D eigenvalue weighted by Gasteiger charge is -2.36. The third-order valence-electron chi connectivity index (χ3n) is 3.99. The zero-order chi connectivity index (χ0) is 16.8. The van der Waals surface area contributed by atoms with E-state index in [1.54, 1.807) is 24.1 Å². The highest BCUT2D eigenvalue weighted by Gasteiger charge is 2.29. The molecule has 1 aliphatic rings. The van der Waals surface area contributed by atoms with Crippen LogP contribution in [0.1, 0.15) is 13.8 Å². The second-order valence-corrected chi connectivity index (χ2v) is 6.01. The molecule has 1 atom stereocenters. The van der Waals surface area contributed by atoms with Crippen LogP contribution in [-0.4, -0.2) is 67.7 Å². The minimum absolute atomic E-state index is 0.0296. The maximum atomic E-state index is 12.8. The Kier molecular flexibility index (Phi) is 6.36. The third-order valence-corrected chi connectivity index (χ3v) is 3.99. The number of likely N-dealkylation sites (N-methyl/N-ethyl adjacent to an activating group) is 1. The molecule has 0 bridgehead atoms. The zero-order valence-electron chi connectivity index (χ0n) is 14.0. The van der Waals surface area contributed by atoms with E-state index in [4.69, 9.17) is 9.47 Å². The van der Waals surface area contributed by atoms with E-state index >= 15 is 0 Å². The fourth-order valence-electron chi connectivity index (χ4n) is 2.47. The van der Waals surface area contributed by atoms with E-state index in [1.165, 1.54) is 12.1 Å². The summed E-state index contributed by atoms with van der Waals surface area (Å²) in [7, 11) is 1.74. The van der Waals surface area contributed by atoms with Crippen LogP contribution in [0.25, 0.3) is 0 Å². The van der Waals surface area contributed by atoms with Crippen LogP contribution in [0.4, 0.5) is 4.39 Å². The highest BCUT2D eigenvalue weighted by molar-refractivity contribution is 5.81. The van der Waals surface area contributed by atoms with Gasteiger partial charge in [-0.25, -0.2) is 4.39 Å². The van der Waals surface area contributed by atoms with Gasteiger partial charge in [-0.2, -0.15) is 0 Å². The van der Waals surface area contributed by atoms with Crippen molar-refractivity contribution in [1.29, 1.82) is 0 Å². The van der Waals surface area contributed by atoms with Crippen LogP contribution in [0.5, 0.6) is 5.75 Å². The lowest BCUT2D eigenvalue weighted by molar-refractivity contribution is -0.149. The molecule has 2 rings (SSSR count). The molecule has 0 radical (unpaired) electrons. The zero-order valence-corrected chi connectivity index (χ0v) is 14.0. The van der Waals surface area contributed by atoms with Gasteiger partial charge in [0.05, 0.1) is 13.2 Å². The predicted molar refractivity (Wildman–Crippen MR) is 86.0 cm³/mol. The Morgan fingerprint density at radius 1 is 1.43 bits per heavy atom. The summed E-state index contributed by atoms with van der Waals surface area (Å²) < 4.78 is 23.9. The fourth-order valence-corrected chi connectivity index (χ4v) is 2.47. The lowest BCUT2D eigenvalue weighted by Crippen LogP contribution is -2.52. The second kappa shape index (κ2) is 8.26. The molecule has 1 aromatic carbocycles. The number of carbonyl (C=O) groups excluding carboxylic acids is 1. The van der Waals surface area contributed by atoms with E-state index < -0.39 is 6.10 Å². The summed E-state index contributed by atoms with van der Waals surface area (Å²) in [6, 6.07) is 6.24. The number of amides is 1. The van der Waals surface area contributed by atoms with Crippen molar-refractivity contribution in [3.8, 4) is 5.75 Å². The Bertz CT molecular complexity index is 507. The Morgan fingerprint density at radius 3 is 2.78 bits per heavy atom. The first-order chi connectivity index (χ1) is 11.0. The van der Waals surface area contributed by atoms with E-state index in [9.17, 15) is 9.18 Å². The number of rotatable bonds is 6. The molecule has 5 nitrogen and oxygen atoms in total. The molecule has 1 saturated heterocycles. The van der Waals surface area contributed by atoms with Gasteiger partial charge in [0.25, 0.3) is 5.91 Å². The minimum Gasteiger partial charge on any atom is -0.492 e. The van der Waals surface area contributed by atoms with Crippen LogP contribution in [0, 0.1) is 5.82 Å². The number of hydrogen-bond donors (Lipinski definition) is 0. The van der Waals surface area contributed by atoms with Gasteiger partial charge in [0.15, 0.2) is 0 Å². The average molecular weight is 324 g/mol. The van der Waals surface area contributed by atoms with Crippen LogP contribution >= 0.6 is 0 Å². The van der Waals surface area contributed by atoms with Gasteiger partial charge in [0.1, 0.15) is 24.3 Å². The Labute approximate surface area is 137 Å². The average Bonchev–Trinajstić information content (AvgIpc) is 2.56. The second-order valence-electron chi connectivity index (χ2n) is 6.01. The highest BCUT2D eigenvalue weighted by Crippen LogP contribution is 2.12. The van der Waals surface area contributed by atoms with Crippen molar-refractivity contribution in [2.75, 3.05) is 39.9 Å². The molecule has 1 amide bonds. The Hall–Kier alpha value is -1.66. The number of benzene rings is 1. The smallest absolute Gasteiger partial charge is 0.252 e. The summed E-state index contributed by atoms with van der Waals surface area (Å²) in [4.78, 5) is 16.3. The van der Waals surface area contributed by atoms with Crippen LogP contribution < -0.4 is 4.74 Å². The molecular formula is C17H25FN2O3. The predicted octanol–water partition coefficient (Wildman–Crippen LogP) is 1.77. The van der Waals surface area contributed by atoms with Gasteiger partial charge in [0, 0.05) is 26.2 Å². The molecule has 1 heterocycles. The van der Waals surface area contributed by atoms with E-state index in [0.29, 0.717) is 38.1 Å². The van der Waals surface area contributed by atoms with Crippen LogP contribution in [-0.2, 0) is 9.53 Å². The molecule has 0 spiro atoms. The van der Waals surface area contributed by atoms with Gasteiger partial charge in [0.2, 0.25) is 0 Å². The van der Waals surface area contributed by atoms with E-state index in [1.807, 2.05) is 0 Å². The molecule has 0 aromatic heterocycles. The van der Waals surface area contributed by atoms with Crippen molar-refractivity contribution >= 4 is 5.91 Å². The van der Waals surface area contributed by atoms with Crippen molar-refractivity contribution in [3.05, 3.63) is 30.1 Å². The molecule has 0 N–H and O–H groups in total. The molecule has 0 aliphatic carbocycles. The summed E-state index contributed by atoms with van der Waals surface area (Å²) in [5, 5.41) is 0. The summed E-state index contributed by atoms with van der Waals surface area (Å²) >= 11 is 0. The van der Waals surface area contributed by atoms with Gasteiger partial charge in [-0.05, 0) is 38.1 Å². The Balaban J connectivity index is 1.77. The van der Waals surface area contributed by atoms with E-state index in [-0.39, 0.29) is 11.7 Å². The van der Waals surface area contributed by atoms with Gasteiger partial charge in [-0.3, -0.25) is 9.69 Å². The van der Waals surface area contributed by atoms with Gasteiger partial charge in [-0.15, -0.1) is 0 Å². The van der Waals surface area contributed by atoms with Crippen molar-refractivity contribution in [3.63, 3.8) is 0 Å². The van der Waals surface area contributed by atoms with Gasteiger partial charge in [-0.1, -0.05) is 0 Å². The summed E-state index contributed by atoms with van der Waals surface area (Å²) in [6.07, 6.45) is -0.415. The molecule has 0 unspecified atom stereocenters. The molecule has 128 valence electrons. The SMILES string of the molecule is CC(C)N1CCO[C@@H](C(=O)N(C)CCOc2ccc(F)cc2)C1. The minimum atomic E-state index is -0.415. The number of ether oxygens (including phenoxy) is 2. The van der Waals surface area contributed by atoms with Gasteiger partial charge < -0.3 is 14.4 Å². The molecule has 1 aromatic rings. The fraction of sp³-hybridized carbons (Fsp3) is 0.588. The largest absolute Gasteiger partial charge is 0.492 e. The van der Waals surface area contributed by atoms with E-state index in [2.05, 4.69) is 18.7 Å². The number of nitrogens with zero attached hydrogens (tertiary/aromatic N) is 2. The Morgan fingerprint density at radius 2 is 2.13 bits per heavy atom. The first-order valence-electron chi connectivity index (χ1n) is 7.96. The van der Waals surface area contributed by atoms with Crippen molar-refractivity contribution < 1.29 is 18.7 Å². The molecule has 1 aliphatic heterocycles. The monoisotopic (exact) mass is 324 g/mol. The summed E-state index contributed by atoms with van der Waals surface area (Å²) in [6.45, 7) is 7.11. The standard InChI is InChI=1S/C17H25FN2O3/c1-13(2)20-9-11-23-16(12-20)17(21)19(3)8-10-22-15-6-4-14(18)5-7-15/h4-7,13,16H,8-12H2,1-3H3/t16-/m1/s1. The maximum Gasteiger partial charge on any atom is 0.252 e. The van der Waals surface area contributed by atoms with E-state index in [0.717, 1.165) is 6.54 Å². The van der Waals surface area contributed by atoms with Crippen LogP contribution in [0.15, 0.2) is 24.3 Å². The van der Waals surface area contributed by atoms with Crippen LogP contribution in [0.3, 0.4) is 0 Å². The summed E-state index contributed by atoms with van der Waals surface area (Å²) in [5.74, 6) is 0.263. The third kappa shape index (κ3) is 5.18. The highest BCUT2D eigenvalue weighted by atomic mass is 19.1. The quantitative estimate of drug-likeness (QED) is 0.800. The van der Waals surface area contributed by atoms with Crippen molar-refractivity contribution in [2.24, 2.45) is 0 Å². The number of hydrogen-bond acceptors (Lipinski definition) is 4. The van der Waals surface area contributed by atoms with Crippen LogP contribution in [0.2, 0.25) is 0 Å². The van der Waals surface area contributed by atoms with Crippen molar-refractivity contribution in [2.45, 2.75) is 26.0 Å². The number of carbonyl (C=O) groups is 1. The topological polar surface area (TPSA) is 42.0 Å². The molecule has 0 saturated carbocycles. The molecule has 6 heteroatoms. The molecular weight excluding hydrogens is 299 g/mol. The number of morpholine rings is 1. The summed E-state index contributed by atoms with van der Waals surface area (Å²) in [5.41, 5.74) is 0. The first-order valence-corrected chi connectivity index (χ1v) is 7.96. The molecule has 23 heavy (non-hydrogen) atoms. The normalized spacial score (nSPS) is 18.9. The van der Waals surface area contributed by atoms with Gasteiger partial charge >= 0.3 is 0 Å². The lowest BCUT2D eigenvalue weighted by atomic mass is 10.2. The number of halogens is 1. The van der Waals surface area contributed by atoms with Crippen molar-refractivity contribution in [1.82, 2.24) is 9.80 Å². The first kappa shape index (κ1) is 17.7. The maximum absolute atomic E-state index is 12.8.